The van der Waals surface area contributed by atoms with E-state index in [9.17, 15) is 0 Å². The van der Waals surface area contributed by atoms with Crippen LogP contribution in [0.3, 0.4) is 0 Å². The van der Waals surface area contributed by atoms with E-state index in [0.29, 0.717) is 0 Å². The van der Waals surface area contributed by atoms with Gasteiger partial charge in [0.2, 0.25) is 0 Å². The zero-order chi connectivity index (χ0) is 3.58. The topological polar surface area (TPSA) is 94.7 Å². The van der Waals surface area contributed by atoms with Crippen molar-refractivity contribution in [3.05, 3.63) is 0 Å². The van der Waals surface area contributed by atoms with Crippen LogP contribution in [0.25, 0.3) is 0 Å². The molecule has 0 aromatic carbocycles. The summed E-state index contributed by atoms with van der Waals surface area (Å²) in [6.45, 7) is 0. The second-order valence-corrected chi connectivity index (χ2v) is 1.68. The van der Waals surface area contributed by atoms with Gasteiger partial charge in [0, 0.05) is 0 Å². The fraction of sp³-hybridized carbons (Fsp3) is 0. The molecular formula is H2K2O4Sn. The van der Waals surface area contributed by atoms with Gasteiger partial charge in [-0.05, 0) is 0 Å². The Labute approximate surface area is 134 Å². The maximum atomic E-state index is 8.61. The molecule has 0 radical (unpaired) electrons. The van der Waals surface area contributed by atoms with Crippen molar-refractivity contribution < 1.29 is 118 Å². The van der Waals surface area contributed by atoms with Gasteiger partial charge in [0.05, 0.1) is 0 Å². The van der Waals surface area contributed by atoms with Crippen LogP contribution >= 0.6 is 0 Å². The van der Waals surface area contributed by atoms with Crippen LogP contribution in [-0.2, 0) is 3.08 Å². The molecule has 0 aromatic heterocycles. The molecule has 7 heteroatoms. The first-order valence-corrected chi connectivity index (χ1v) is 4.11. The SMILES string of the molecule is O.[K+].[K+].[O]=[Sn]([O-])[O-]. The Bertz CT molecular complexity index is 32.7. The van der Waals surface area contributed by atoms with Crippen molar-refractivity contribution in [3.8, 4) is 0 Å². The van der Waals surface area contributed by atoms with Gasteiger partial charge in [-0.2, -0.15) is 0 Å². The Morgan fingerprint density at radius 1 is 1.14 bits per heavy atom. The molecule has 0 fully saturated rings. The first kappa shape index (κ1) is 22.4. The Morgan fingerprint density at radius 3 is 1.14 bits per heavy atom. The maximum absolute atomic E-state index is 8.61. The predicted octanol–water partition coefficient (Wildman–Crippen LogP) is -9.69. The molecule has 0 aliphatic rings. The zero-order valence-electron chi connectivity index (χ0n) is 4.22. The molecule has 0 amide bonds. The van der Waals surface area contributed by atoms with Crippen LogP contribution in [0, 0.1) is 0 Å². The monoisotopic (exact) mass is 264 g/mol. The van der Waals surface area contributed by atoms with E-state index < -0.39 is 20.6 Å². The third-order valence-corrected chi connectivity index (χ3v) is 0. The van der Waals surface area contributed by atoms with Crippen LogP contribution in [0.2, 0.25) is 0 Å². The van der Waals surface area contributed by atoms with Gasteiger partial charge in [0.25, 0.3) is 0 Å². The van der Waals surface area contributed by atoms with E-state index in [-0.39, 0.29) is 108 Å². The first-order valence-electron chi connectivity index (χ1n) is 0.612. The van der Waals surface area contributed by atoms with Crippen molar-refractivity contribution >= 4 is 20.6 Å². The van der Waals surface area contributed by atoms with Crippen molar-refractivity contribution in [2.45, 2.75) is 0 Å². The van der Waals surface area contributed by atoms with Gasteiger partial charge < -0.3 is 5.48 Å². The molecule has 2 N–H and O–H groups in total. The molecule has 0 spiro atoms. The Kier molecular flexibility index (Phi) is 52.5. The second-order valence-electron chi connectivity index (χ2n) is 0.250. The molecule has 0 unspecified atom stereocenters. The summed E-state index contributed by atoms with van der Waals surface area (Å²) in [6, 6.07) is 0. The average Bonchev–Trinajstić information content (AvgIpc) is 0.811. The average molecular weight is 263 g/mol. The summed E-state index contributed by atoms with van der Waals surface area (Å²) in [7, 11) is 0. The summed E-state index contributed by atoms with van der Waals surface area (Å²) in [6.07, 6.45) is 0. The number of hydrogen-bond donors (Lipinski definition) is 0. The molecule has 0 heterocycles. The predicted molar refractivity (Wildman–Crippen MR) is 10.1 cm³/mol. The van der Waals surface area contributed by atoms with Crippen molar-refractivity contribution in [1.82, 2.24) is 0 Å². The summed E-state index contributed by atoms with van der Waals surface area (Å²) in [5, 5.41) is 0. The minimum atomic E-state index is -4.29. The van der Waals surface area contributed by atoms with E-state index in [4.69, 9.17) is 9.96 Å². The fourth-order valence-corrected chi connectivity index (χ4v) is 0. The Balaban J connectivity index is -0.0000000150. The summed E-state index contributed by atoms with van der Waals surface area (Å²) < 4.78 is 25.8. The summed E-state index contributed by atoms with van der Waals surface area (Å²) >= 11 is -4.29. The molecule has 32 valence electrons. The summed E-state index contributed by atoms with van der Waals surface area (Å²) in [5.41, 5.74) is 0. The molecule has 0 atom stereocenters. The minimum absolute atomic E-state index is 0. The van der Waals surface area contributed by atoms with Crippen LogP contribution in [0.4, 0.5) is 0 Å². The molecule has 4 nitrogen and oxygen atoms in total. The quantitative estimate of drug-likeness (QED) is 0.406. The van der Waals surface area contributed by atoms with Crippen LogP contribution in [0.5, 0.6) is 0 Å². The van der Waals surface area contributed by atoms with Crippen molar-refractivity contribution in [3.63, 3.8) is 0 Å². The van der Waals surface area contributed by atoms with Gasteiger partial charge in [0.1, 0.15) is 0 Å². The van der Waals surface area contributed by atoms with E-state index in [0.717, 1.165) is 0 Å². The van der Waals surface area contributed by atoms with Crippen LogP contribution in [0.15, 0.2) is 0 Å². The van der Waals surface area contributed by atoms with Crippen LogP contribution in [-0.4, -0.2) is 26.1 Å². The van der Waals surface area contributed by atoms with Gasteiger partial charge in [-0.15, -0.1) is 0 Å². The third kappa shape index (κ3) is 41.6. The summed E-state index contributed by atoms with van der Waals surface area (Å²) in [5.74, 6) is 0. The standard InChI is InChI=1S/2K.H2O.3O.Sn/h;;1H2;;;;/q2*+1;;;2*-1;. The van der Waals surface area contributed by atoms with Crippen LogP contribution in [0.1, 0.15) is 0 Å². The van der Waals surface area contributed by atoms with Crippen LogP contribution < -0.4 is 110 Å². The van der Waals surface area contributed by atoms with E-state index in [1.165, 1.54) is 0 Å². The molecule has 0 rings (SSSR count). The second kappa shape index (κ2) is 16.4. The Hall–Kier alpha value is 3.75. The molecular weight excluding hydrogens is 261 g/mol. The molecule has 0 aliphatic heterocycles. The molecule has 0 bridgehead atoms. The van der Waals surface area contributed by atoms with E-state index >= 15 is 0 Å². The number of hydrogen-bond acceptors (Lipinski definition) is 3. The third-order valence-electron chi connectivity index (χ3n) is 0. The first-order chi connectivity index (χ1) is 1.73. The Morgan fingerprint density at radius 2 is 1.14 bits per heavy atom. The van der Waals surface area contributed by atoms with Crippen molar-refractivity contribution in [2.75, 3.05) is 0 Å². The molecule has 0 aliphatic carbocycles. The van der Waals surface area contributed by atoms with Gasteiger partial charge in [-0.25, -0.2) is 0 Å². The molecule has 0 saturated carbocycles. The van der Waals surface area contributed by atoms with Gasteiger partial charge in [-0.3, -0.25) is 0 Å². The number of rotatable bonds is 0. The fourth-order valence-electron chi connectivity index (χ4n) is 0. The van der Waals surface area contributed by atoms with Gasteiger partial charge >= 0.3 is 133 Å². The molecule has 0 saturated heterocycles. The van der Waals surface area contributed by atoms with Gasteiger partial charge in [0.15, 0.2) is 0 Å². The van der Waals surface area contributed by atoms with Crippen molar-refractivity contribution in [1.29, 1.82) is 0 Å². The molecule has 7 heavy (non-hydrogen) atoms. The summed E-state index contributed by atoms with van der Waals surface area (Å²) in [4.78, 5) is 0. The van der Waals surface area contributed by atoms with E-state index in [1.807, 2.05) is 0 Å². The van der Waals surface area contributed by atoms with E-state index in [2.05, 4.69) is 0 Å². The molecule has 0 aromatic rings. The van der Waals surface area contributed by atoms with Gasteiger partial charge in [-0.1, -0.05) is 0 Å². The normalized spacial score (nSPS) is 3.71. The van der Waals surface area contributed by atoms with E-state index in [1.54, 1.807) is 0 Å². The zero-order valence-corrected chi connectivity index (χ0v) is 13.3. The van der Waals surface area contributed by atoms with Crippen molar-refractivity contribution in [2.24, 2.45) is 0 Å².